The first-order valence-electron chi connectivity index (χ1n) is 9.56. The number of rotatable bonds is 3. The number of hydrogen-bond acceptors (Lipinski definition) is 2. The third-order valence-electron chi connectivity index (χ3n) is 5.48. The van der Waals surface area contributed by atoms with E-state index in [9.17, 15) is 0 Å². The molecule has 132 valence electrons. The van der Waals surface area contributed by atoms with Gasteiger partial charge < -0.3 is 0 Å². The fourth-order valence-electron chi connectivity index (χ4n) is 4.16. The molecule has 0 spiro atoms. The van der Waals surface area contributed by atoms with Crippen molar-refractivity contribution < 1.29 is 0 Å². The van der Waals surface area contributed by atoms with Crippen LogP contribution in [-0.4, -0.2) is 14.4 Å². The smallest absolute Gasteiger partial charge is 0.145 e. The highest BCUT2D eigenvalue weighted by atomic mass is 15.0. The van der Waals surface area contributed by atoms with E-state index < -0.39 is 0 Å². The Kier molecular flexibility index (Phi) is 3.68. The largest absolute Gasteiger partial charge is 0.297 e. The maximum Gasteiger partial charge on any atom is 0.145 e. The number of fused-ring (bicyclic) bond motifs is 6. The highest BCUT2D eigenvalue weighted by molar-refractivity contribution is 6.11. The summed E-state index contributed by atoms with van der Waals surface area (Å²) in [6.07, 6.45) is 7.98. The Labute approximate surface area is 158 Å². The molecule has 0 amide bonds. The monoisotopic (exact) mass is 351 g/mol. The van der Waals surface area contributed by atoms with Crippen LogP contribution < -0.4 is 0 Å². The first-order valence-corrected chi connectivity index (χ1v) is 9.56. The first-order chi connectivity index (χ1) is 13.3. The minimum absolute atomic E-state index is 0.994. The lowest BCUT2D eigenvalue weighted by Crippen LogP contribution is -1.94. The lowest BCUT2D eigenvalue weighted by molar-refractivity contribution is 1.09. The number of imidazole rings is 1. The van der Waals surface area contributed by atoms with Crippen LogP contribution in [0.4, 0.5) is 0 Å². The minimum atomic E-state index is 0.994. The molecule has 5 aromatic rings. The fraction of sp³-hybridized carbons (Fsp3) is 0.167. The van der Waals surface area contributed by atoms with E-state index in [1.165, 1.54) is 32.8 Å². The minimum Gasteiger partial charge on any atom is -0.297 e. The van der Waals surface area contributed by atoms with Crippen LogP contribution in [0.15, 0.2) is 67.1 Å². The van der Waals surface area contributed by atoms with E-state index in [0.717, 1.165) is 29.7 Å². The molecule has 0 atom stereocenters. The molecule has 0 N–H and O–H groups in total. The van der Waals surface area contributed by atoms with Crippen LogP contribution in [0.1, 0.15) is 25.0 Å². The van der Waals surface area contributed by atoms with Gasteiger partial charge in [0, 0.05) is 28.7 Å². The predicted molar refractivity (Wildman–Crippen MR) is 112 cm³/mol. The third-order valence-corrected chi connectivity index (χ3v) is 5.48. The second-order valence-corrected chi connectivity index (χ2v) is 6.92. The van der Waals surface area contributed by atoms with Crippen LogP contribution >= 0.6 is 0 Å². The molecule has 0 aliphatic heterocycles. The highest BCUT2D eigenvalue weighted by Gasteiger charge is 2.16. The average molecular weight is 351 g/mol. The van der Waals surface area contributed by atoms with E-state index in [-0.39, 0.29) is 0 Å². The van der Waals surface area contributed by atoms with Crippen LogP contribution in [-0.2, 0) is 12.8 Å². The molecule has 0 saturated heterocycles. The van der Waals surface area contributed by atoms with E-state index >= 15 is 0 Å². The summed E-state index contributed by atoms with van der Waals surface area (Å²) in [5.41, 5.74) is 7.12. The summed E-state index contributed by atoms with van der Waals surface area (Å²) >= 11 is 0. The molecule has 0 fully saturated rings. The molecule has 27 heavy (non-hydrogen) atoms. The zero-order valence-electron chi connectivity index (χ0n) is 15.6. The van der Waals surface area contributed by atoms with Crippen molar-refractivity contribution in [3.63, 3.8) is 0 Å². The van der Waals surface area contributed by atoms with Gasteiger partial charge in [0.25, 0.3) is 0 Å². The van der Waals surface area contributed by atoms with Crippen LogP contribution in [0, 0.1) is 0 Å². The van der Waals surface area contributed by atoms with Gasteiger partial charge in [0.2, 0.25) is 0 Å². The van der Waals surface area contributed by atoms with Gasteiger partial charge in [-0.15, -0.1) is 0 Å². The van der Waals surface area contributed by atoms with E-state index in [1.807, 2.05) is 12.4 Å². The molecule has 3 aromatic heterocycles. The second-order valence-electron chi connectivity index (χ2n) is 6.92. The van der Waals surface area contributed by atoms with Gasteiger partial charge in [-0.05, 0) is 35.4 Å². The zero-order chi connectivity index (χ0) is 18.4. The van der Waals surface area contributed by atoms with E-state index in [0.29, 0.717) is 0 Å². The average Bonchev–Trinajstić information content (AvgIpc) is 3.18. The van der Waals surface area contributed by atoms with Gasteiger partial charge in [-0.2, -0.15) is 0 Å². The second kappa shape index (κ2) is 6.20. The molecular formula is C24H21N3. The summed E-state index contributed by atoms with van der Waals surface area (Å²) in [5, 5.41) is 3.60. The van der Waals surface area contributed by atoms with Crippen LogP contribution in [0.3, 0.4) is 0 Å². The standard InChI is InChI=1S/C24H21N3/c1-3-16-8-7-9-17(4-2)23(16)21-15-27-22-14-25-13-12-19(22)18-10-5-6-11-20(18)24(27)26-21/h5-15H,3-4H2,1-2H3. The SMILES string of the molecule is CCc1cccc(CC)c1-c1cn2c3cnccc3c3ccccc3c2n1. The normalized spacial score (nSPS) is 11.6. The van der Waals surface area contributed by atoms with Crippen LogP contribution in [0.5, 0.6) is 0 Å². The van der Waals surface area contributed by atoms with Crippen LogP contribution in [0.2, 0.25) is 0 Å². The Balaban J connectivity index is 1.94. The number of benzene rings is 2. The Hall–Kier alpha value is -3.20. The molecule has 2 aromatic carbocycles. The van der Waals surface area contributed by atoms with Crippen LogP contribution in [0.25, 0.3) is 38.6 Å². The van der Waals surface area contributed by atoms with E-state index in [4.69, 9.17) is 4.98 Å². The van der Waals surface area contributed by atoms with Crippen molar-refractivity contribution in [1.29, 1.82) is 0 Å². The summed E-state index contributed by atoms with van der Waals surface area (Å²) in [7, 11) is 0. The molecule has 0 aliphatic rings. The molecule has 0 saturated carbocycles. The molecule has 3 nitrogen and oxygen atoms in total. The zero-order valence-corrected chi connectivity index (χ0v) is 15.6. The van der Waals surface area contributed by atoms with Crippen molar-refractivity contribution in [1.82, 2.24) is 14.4 Å². The lowest BCUT2D eigenvalue weighted by Gasteiger charge is -2.10. The van der Waals surface area contributed by atoms with Crippen molar-refractivity contribution >= 4 is 27.3 Å². The van der Waals surface area contributed by atoms with Gasteiger partial charge in [-0.1, -0.05) is 56.3 Å². The summed E-state index contributed by atoms with van der Waals surface area (Å²) in [6, 6.07) is 17.2. The number of hydrogen-bond donors (Lipinski definition) is 0. The molecule has 3 heterocycles. The van der Waals surface area contributed by atoms with Gasteiger partial charge in [-0.3, -0.25) is 9.38 Å². The maximum atomic E-state index is 5.11. The third kappa shape index (κ3) is 2.35. The lowest BCUT2D eigenvalue weighted by atomic mass is 9.95. The summed E-state index contributed by atoms with van der Waals surface area (Å²) in [6.45, 7) is 4.42. The summed E-state index contributed by atoms with van der Waals surface area (Å²) < 4.78 is 2.20. The Bertz CT molecular complexity index is 1200. The van der Waals surface area contributed by atoms with E-state index in [1.54, 1.807) is 0 Å². The number of aromatic nitrogens is 3. The Morgan fingerprint density at radius 1 is 0.815 bits per heavy atom. The molecule has 0 radical (unpaired) electrons. The molecule has 0 aliphatic carbocycles. The van der Waals surface area contributed by atoms with Gasteiger partial charge in [0.1, 0.15) is 5.65 Å². The van der Waals surface area contributed by atoms with Crippen molar-refractivity contribution in [3.05, 3.63) is 78.2 Å². The van der Waals surface area contributed by atoms with Crippen molar-refractivity contribution in [2.75, 3.05) is 0 Å². The van der Waals surface area contributed by atoms with Crippen molar-refractivity contribution in [2.45, 2.75) is 26.7 Å². The Morgan fingerprint density at radius 3 is 2.30 bits per heavy atom. The van der Waals surface area contributed by atoms with Gasteiger partial charge >= 0.3 is 0 Å². The van der Waals surface area contributed by atoms with Crippen molar-refractivity contribution in [3.8, 4) is 11.3 Å². The summed E-state index contributed by atoms with van der Waals surface area (Å²) in [5.74, 6) is 0. The number of pyridine rings is 2. The molecule has 3 heteroatoms. The van der Waals surface area contributed by atoms with Gasteiger partial charge in [-0.25, -0.2) is 4.98 Å². The van der Waals surface area contributed by atoms with Gasteiger partial charge in [0.15, 0.2) is 0 Å². The fourth-order valence-corrected chi connectivity index (χ4v) is 4.16. The predicted octanol–water partition coefficient (Wildman–Crippen LogP) is 5.83. The molecule has 0 unspecified atom stereocenters. The number of nitrogens with zero attached hydrogens (tertiary/aromatic N) is 3. The Morgan fingerprint density at radius 2 is 1.56 bits per heavy atom. The first kappa shape index (κ1) is 16.0. The van der Waals surface area contributed by atoms with E-state index in [2.05, 4.69) is 78.0 Å². The summed E-state index contributed by atoms with van der Waals surface area (Å²) in [4.78, 5) is 9.48. The highest BCUT2D eigenvalue weighted by Crippen LogP contribution is 2.33. The van der Waals surface area contributed by atoms with Crippen molar-refractivity contribution in [2.24, 2.45) is 0 Å². The maximum absolute atomic E-state index is 5.11. The van der Waals surface area contributed by atoms with Gasteiger partial charge in [0.05, 0.1) is 17.4 Å². The molecular weight excluding hydrogens is 330 g/mol. The molecule has 5 rings (SSSR count). The molecule has 0 bridgehead atoms. The number of aryl methyl sites for hydroxylation is 2. The topological polar surface area (TPSA) is 30.2 Å². The quantitative estimate of drug-likeness (QED) is 0.383.